The number of fused-ring (bicyclic) bond motifs is 1. The molecule has 0 heterocycles. The first kappa shape index (κ1) is 27.0. The second-order valence-electron chi connectivity index (χ2n) is 9.96. The van der Waals surface area contributed by atoms with E-state index in [9.17, 15) is 9.59 Å². The van der Waals surface area contributed by atoms with Gasteiger partial charge in [-0.1, -0.05) is 67.6 Å². The Morgan fingerprint density at radius 2 is 1.10 bits per heavy atom. The molecule has 0 amide bonds. The molecule has 0 aromatic heterocycles. The Labute approximate surface area is 234 Å². The molecule has 204 valence electrons. The molecule has 0 saturated heterocycles. The maximum Gasteiger partial charge on any atom is 0.338 e. The van der Waals surface area contributed by atoms with Gasteiger partial charge in [0.2, 0.25) is 0 Å². The third kappa shape index (κ3) is 5.30. The van der Waals surface area contributed by atoms with E-state index >= 15 is 0 Å². The summed E-state index contributed by atoms with van der Waals surface area (Å²) in [5, 5.41) is 0. The smallest absolute Gasteiger partial charge is 0.338 e. The maximum atomic E-state index is 13.6. The minimum Gasteiger partial charge on any atom is -0.497 e. The predicted octanol–water partition coefficient (Wildman–Crippen LogP) is 6.71. The first-order valence-electron chi connectivity index (χ1n) is 13.3. The average molecular weight is 537 g/mol. The van der Waals surface area contributed by atoms with Crippen LogP contribution < -0.4 is 9.47 Å². The molecule has 5 rings (SSSR count). The van der Waals surface area contributed by atoms with Gasteiger partial charge in [-0.05, 0) is 65.6 Å². The van der Waals surface area contributed by atoms with E-state index in [1.807, 2.05) is 50.2 Å². The number of ether oxygens (including phenoxy) is 4. The van der Waals surface area contributed by atoms with Crippen molar-refractivity contribution in [3.63, 3.8) is 0 Å². The summed E-state index contributed by atoms with van der Waals surface area (Å²) in [7, 11) is 3.10. The first-order valence-corrected chi connectivity index (χ1v) is 13.3. The summed E-state index contributed by atoms with van der Waals surface area (Å²) >= 11 is 0. The largest absolute Gasteiger partial charge is 0.497 e. The van der Waals surface area contributed by atoms with Crippen LogP contribution in [-0.4, -0.2) is 38.4 Å². The number of carbonyl (C=O) groups is 2. The molecule has 6 heteroatoms. The van der Waals surface area contributed by atoms with E-state index in [0.29, 0.717) is 22.6 Å². The van der Waals surface area contributed by atoms with Crippen LogP contribution in [0.15, 0.2) is 97.1 Å². The number of benzene rings is 4. The molecule has 2 unspecified atom stereocenters. The molecule has 0 fully saturated rings. The zero-order chi connectivity index (χ0) is 28.2. The summed E-state index contributed by atoms with van der Waals surface area (Å²) in [5.74, 6) is -0.526. The predicted molar refractivity (Wildman–Crippen MR) is 152 cm³/mol. The molecule has 1 aliphatic rings. The zero-order valence-electron chi connectivity index (χ0n) is 23.0. The van der Waals surface area contributed by atoms with Gasteiger partial charge in [-0.3, -0.25) is 0 Å². The van der Waals surface area contributed by atoms with Crippen LogP contribution in [0.1, 0.15) is 61.7 Å². The van der Waals surface area contributed by atoms with Crippen molar-refractivity contribution < 1.29 is 28.5 Å². The summed E-state index contributed by atoms with van der Waals surface area (Å²) in [6.45, 7) is 4.04. The van der Waals surface area contributed by atoms with Crippen molar-refractivity contribution in [3.05, 3.63) is 130 Å². The molecule has 0 saturated carbocycles. The molecule has 4 aromatic carbocycles. The number of hydrogen-bond donors (Lipinski definition) is 0. The minimum atomic E-state index is -0.792. The van der Waals surface area contributed by atoms with Crippen LogP contribution in [0.5, 0.6) is 11.5 Å². The Kier molecular flexibility index (Phi) is 7.87. The monoisotopic (exact) mass is 536 g/mol. The Bertz CT molecular complexity index is 1530. The summed E-state index contributed by atoms with van der Waals surface area (Å²) in [6, 6.07) is 29.8. The van der Waals surface area contributed by atoms with Gasteiger partial charge in [0.1, 0.15) is 17.6 Å². The third-order valence-corrected chi connectivity index (χ3v) is 7.59. The molecule has 0 N–H and O–H groups in total. The molecule has 40 heavy (non-hydrogen) atoms. The van der Waals surface area contributed by atoms with E-state index in [1.54, 1.807) is 62.8 Å². The van der Waals surface area contributed by atoms with Crippen LogP contribution in [-0.2, 0) is 9.47 Å². The van der Waals surface area contributed by atoms with Crippen molar-refractivity contribution in [2.24, 2.45) is 0 Å². The Balaban J connectivity index is 1.61. The molecule has 0 spiro atoms. The summed E-state index contributed by atoms with van der Waals surface area (Å²) in [4.78, 5) is 27.1. The number of methoxy groups -OCH3 is 2. The van der Waals surface area contributed by atoms with Crippen molar-refractivity contribution in [1.82, 2.24) is 0 Å². The number of esters is 2. The fourth-order valence-electron chi connectivity index (χ4n) is 5.50. The molecule has 0 aliphatic heterocycles. The van der Waals surface area contributed by atoms with E-state index < -0.39 is 24.1 Å². The van der Waals surface area contributed by atoms with E-state index in [2.05, 4.69) is 12.1 Å². The van der Waals surface area contributed by atoms with Gasteiger partial charge in [-0.25, -0.2) is 9.59 Å². The quantitative estimate of drug-likeness (QED) is 0.245. The molecule has 4 atom stereocenters. The lowest BCUT2D eigenvalue weighted by atomic mass is 9.70. The third-order valence-electron chi connectivity index (χ3n) is 7.59. The van der Waals surface area contributed by atoms with Gasteiger partial charge in [0.05, 0.1) is 31.3 Å². The SMILES string of the molecule is COc1cccc(C(=O)OC2C(OC(=O)c3cccc(OC)c3)[C@@H](C)c3ccccc3[C@@H]2c2ccccc2C)c1. The van der Waals surface area contributed by atoms with Crippen LogP contribution in [0, 0.1) is 6.92 Å². The lowest BCUT2D eigenvalue weighted by molar-refractivity contribution is -0.0532. The highest BCUT2D eigenvalue weighted by molar-refractivity contribution is 5.91. The Morgan fingerprint density at radius 3 is 1.65 bits per heavy atom. The highest BCUT2D eigenvalue weighted by atomic mass is 16.6. The summed E-state index contributed by atoms with van der Waals surface area (Å²) in [5.41, 5.74) is 4.86. The fraction of sp³-hybridized carbons (Fsp3) is 0.235. The van der Waals surface area contributed by atoms with Crippen LogP contribution in [0.2, 0.25) is 0 Å². The van der Waals surface area contributed by atoms with Gasteiger partial charge in [0.15, 0.2) is 6.10 Å². The Hall–Kier alpha value is -4.58. The highest BCUT2D eigenvalue weighted by Crippen LogP contribution is 2.46. The summed E-state index contributed by atoms with van der Waals surface area (Å²) in [6.07, 6.45) is -1.55. The first-order chi connectivity index (χ1) is 19.4. The van der Waals surface area contributed by atoms with Gasteiger partial charge >= 0.3 is 11.9 Å². The highest BCUT2D eigenvalue weighted by Gasteiger charge is 2.46. The van der Waals surface area contributed by atoms with Crippen molar-refractivity contribution in [2.45, 2.75) is 37.9 Å². The van der Waals surface area contributed by atoms with Crippen molar-refractivity contribution in [2.75, 3.05) is 14.2 Å². The number of aryl methyl sites for hydroxylation is 1. The fourth-order valence-corrected chi connectivity index (χ4v) is 5.50. The van der Waals surface area contributed by atoms with Crippen LogP contribution >= 0.6 is 0 Å². The molecular weight excluding hydrogens is 504 g/mol. The topological polar surface area (TPSA) is 71.1 Å². The average Bonchev–Trinajstić information content (AvgIpc) is 2.99. The lowest BCUT2D eigenvalue weighted by Crippen LogP contribution is -2.46. The van der Waals surface area contributed by atoms with E-state index in [4.69, 9.17) is 18.9 Å². The second-order valence-corrected chi connectivity index (χ2v) is 9.96. The van der Waals surface area contributed by atoms with Gasteiger partial charge in [-0.15, -0.1) is 0 Å². The van der Waals surface area contributed by atoms with Crippen LogP contribution in [0.4, 0.5) is 0 Å². The van der Waals surface area contributed by atoms with Gasteiger partial charge in [0, 0.05) is 5.92 Å². The van der Waals surface area contributed by atoms with Crippen molar-refractivity contribution >= 4 is 11.9 Å². The summed E-state index contributed by atoms with van der Waals surface area (Å²) < 4.78 is 23.2. The number of hydrogen-bond acceptors (Lipinski definition) is 6. The van der Waals surface area contributed by atoms with E-state index in [1.165, 1.54) is 0 Å². The van der Waals surface area contributed by atoms with E-state index in [0.717, 1.165) is 22.3 Å². The molecule has 6 nitrogen and oxygen atoms in total. The molecular formula is C34H32O6. The zero-order valence-corrected chi connectivity index (χ0v) is 23.0. The Morgan fingerprint density at radius 1 is 0.600 bits per heavy atom. The standard InChI is InChI=1S/C34H32O6/c1-21-11-5-6-16-27(21)30-29-18-8-7-17-28(29)22(2)31(39-33(35)23-12-9-14-25(19-23)37-3)32(30)40-34(36)24-13-10-15-26(20-24)38-4/h5-20,22,30-32H,1-4H3/t22-,30-,31?,32?/m0/s1. The number of rotatable bonds is 7. The van der Waals surface area contributed by atoms with Crippen molar-refractivity contribution in [3.8, 4) is 11.5 Å². The normalized spacial score (nSPS) is 19.7. The molecule has 0 radical (unpaired) electrons. The van der Waals surface area contributed by atoms with E-state index in [-0.39, 0.29) is 11.8 Å². The minimum absolute atomic E-state index is 0.242. The van der Waals surface area contributed by atoms with Gasteiger partial charge < -0.3 is 18.9 Å². The maximum absolute atomic E-state index is 13.6. The van der Waals surface area contributed by atoms with Gasteiger partial charge in [0.25, 0.3) is 0 Å². The molecule has 0 bridgehead atoms. The number of carbonyl (C=O) groups excluding carboxylic acids is 2. The van der Waals surface area contributed by atoms with Crippen LogP contribution in [0.25, 0.3) is 0 Å². The second kappa shape index (κ2) is 11.7. The van der Waals surface area contributed by atoms with Crippen molar-refractivity contribution in [1.29, 1.82) is 0 Å². The van der Waals surface area contributed by atoms with Gasteiger partial charge in [-0.2, -0.15) is 0 Å². The molecule has 4 aromatic rings. The molecule has 1 aliphatic carbocycles. The van der Waals surface area contributed by atoms with Crippen LogP contribution in [0.3, 0.4) is 0 Å². The lowest BCUT2D eigenvalue weighted by Gasteiger charge is -2.42.